The zero-order valence-corrected chi connectivity index (χ0v) is 7.48. The van der Waals surface area contributed by atoms with E-state index in [9.17, 15) is 0 Å². The molecule has 0 aromatic carbocycles. The van der Waals surface area contributed by atoms with Crippen LogP contribution in [0.5, 0.6) is 0 Å². The third-order valence-electron chi connectivity index (χ3n) is 1.12. The molecule has 4 heteroatoms. The highest BCUT2D eigenvalue weighted by molar-refractivity contribution is 7.80. The lowest BCUT2D eigenvalue weighted by atomic mass is 10.5. The number of hydrogen-bond donors (Lipinski definition) is 1. The third-order valence-corrected chi connectivity index (χ3v) is 1.24. The van der Waals surface area contributed by atoms with Gasteiger partial charge in [0.1, 0.15) is 4.99 Å². The second-order valence-corrected chi connectivity index (χ2v) is 2.54. The SMILES string of the molecule is NC(=S)C[n+]1ccccc1.[Cl-]. The summed E-state index contributed by atoms with van der Waals surface area (Å²) < 4.78 is 1.93. The standard InChI is InChI=1S/C7H8N2S.ClH/c8-7(10)6-9-4-2-1-3-5-9;/h1-5H,6H2,(H-,8,10);1H. The Morgan fingerprint density at radius 1 is 1.27 bits per heavy atom. The first-order valence-corrected chi connectivity index (χ1v) is 3.42. The molecule has 0 aliphatic heterocycles. The summed E-state index contributed by atoms with van der Waals surface area (Å²) in [7, 11) is 0. The molecule has 2 N–H and O–H groups in total. The molecule has 0 unspecified atom stereocenters. The number of rotatable bonds is 2. The normalized spacial score (nSPS) is 8.36. The van der Waals surface area contributed by atoms with E-state index < -0.39 is 0 Å². The highest BCUT2D eigenvalue weighted by Crippen LogP contribution is 1.76. The molecule has 1 aromatic heterocycles. The Bertz CT molecular complexity index is 225. The van der Waals surface area contributed by atoms with Crippen LogP contribution in [0.2, 0.25) is 0 Å². The molecular formula is C7H9ClN2S. The lowest BCUT2D eigenvalue weighted by Gasteiger charge is -1.91. The minimum absolute atomic E-state index is 0. The first kappa shape index (κ1) is 10.3. The van der Waals surface area contributed by atoms with Gasteiger partial charge in [0.15, 0.2) is 18.9 Å². The van der Waals surface area contributed by atoms with E-state index in [0.29, 0.717) is 11.5 Å². The second-order valence-electron chi connectivity index (χ2n) is 2.01. The number of halogens is 1. The summed E-state index contributed by atoms with van der Waals surface area (Å²) in [5.41, 5.74) is 5.34. The topological polar surface area (TPSA) is 29.9 Å². The first-order chi connectivity index (χ1) is 4.79. The number of pyridine rings is 1. The maximum Gasteiger partial charge on any atom is 0.198 e. The predicted octanol–water partition coefficient (Wildman–Crippen LogP) is -2.74. The van der Waals surface area contributed by atoms with E-state index in [0.717, 1.165) is 0 Å². The molecule has 0 amide bonds. The van der Waals surface area contributed by atoms with Crippen molar-refractivity contribution in [2.24, 2.45) is 5.73 Å². The van der Waals surface area contributed by atoms with Gasteiger partial charge < -0.3 is 18.1 Å². The molecule has 2 nitrogen and oxygen atoms in total. The molecule has 1 rings (SSSR count). The van der Waals surface area contributed by atoms with E-state index in [2.05, 4.69) is 0 Å². The molecular weight excluding hydrogens is 180 g/mol. The molecule has 1 aromatic rings. The van der Waals surface area contributed by atoms with Gasteiger partial charge in [-0.2, -0.15) is 4.57 Å². The van der Waals surface area contributed by atoms with E-state index in [4.69, 9.17) is 18.0 Å². The van der Waals surface area contributed by atoms with Crippen molar-refractivity contribution in [3.63, 3.8) is 0 Å². The zero-order chi connectivity index (χ0) is 7.40. The van der Waals surface area contributed by atoms with Crippen LogP contribution in [0.3, 0.4) is 0 Å². The van der Waals surface area contributed by atoms with Crippen molar-refractivity contribution in [2.45, 2.75) is 6.54 Å². The maximum atomic E-state index is 5.34. The molecule has 0 fully saturated rings. The Labute approximate surface area is 77.4 Å². The van der Waals surface area contributed by atoms with Crippen LogP contribution < -0.4 is 22.7 Å². The van der Waals surface area contributed by atoms with Crippen molar-refractivity contribution >= 4 is 17.2 Å². The fraction of sp³-hybridized carbons (Fsp3) is 0.143. The van der Waals surface area contributed by atoms with Gasteiger partial charge in [-0.05, 0) is 0 Å². The van der Waals surface area contributed by atoms with Gasteiger partial charge in [0.25, 0.3) is 0 Å². The minimum Gasteiger partial charge on any atom is -1.00 e. The quantitative estimate of drug-likeness (QED) is 0.404. The van der Waals surface area contributed by atoms with E-state index in [-0.39, 0.29) is 12.4 Å². The Morgan fingerprint density at radius 3 is 2.27 bits per heavy atom. The first-order valence-electron chi connectivity index (χ1n) is 3.01. The summed E-state index contributed by atoms with van der Waals surface area (Å²) in [6.45, 7) is 0.621. The average molecular weight is 189 g/mol. The van der Waals surface area contributed by atoms with Crippen molar-refractivity contribution < 1.29 is 17.0 Å². The zero-order valence-electron chi connectivity index (χ0n) is 5.90. The highest BCUT2D eigenvalue weighted by Gasteiger charge is 1.97. The van der Waals surface area contributed by atoms with Crippen molar-refractivity contribution in [3.05, 3.63) is 30.6 Å². The summed E-state index contributed by atoms with van der Waals surface area (Å²) in [4.78, 5) is 0.510. The smallest absolute Gasteiger partial charge is 0.198 e. The van der Waals surface area contributed by atoms with Crippen LogP contribution >= 0.6 is 12.2 Å². The molecule has 0 spiro atoms. The van der Waals surface area contributed by atoms with Crippen molar-refractivity contribution in [3.8, 4) is 0 Å². The van der Waals surface area contributed by atoms with Gasteiger partial charge in [-0.1, -0.05) is 18.3 Å². The molecule has 60 valence electrons. The minimum atomic E-state index is 0. The average Bonchev–Trinajstić information content (AvgIpc) is 1.88. The molecule has 1 heterocycles. The van der Waals surface area contributed by atoms with E-state index >= 15 is 0 Å². The molecule has 0 bridgehead atoms. The molecule has 0 aliphatic rings. The fourth-order valence-electron chi connectivity index (χ4n) is 0.720. The number of thiocarbonyl (C=S) groups is 1. The fourth-order valence-corrected chi connectivity index (χ4v) is 0.869. The van der Waals surface area contributed by atoms with E-state index in [1.165, 1.54) is 0 Å². The summed E-state index contributed by atoms with van der Waals surface area (Å²) in [6.07, 6.45) is 3.86. The summed E-state index contributed by atoms with van der Waals surface area (Å²) in [5, 5.41) is 0. The number of nitrogens with zero attached hydrogens (tertiary/aromatic N) is 1. The predicted molar refractivity (Wildman–Crippen MR) is 43.4 cm³/mol. The van der Waals surface area contributed by atoms with Crippen molar-refractivity contribution in [1.29, 1.82) is 0 Å². The number of nitrogens with two attached hydrogens (primary N) is 1. The van der Waals surface area contributed by atoms with Crippen LogP contribution in [0.25, 0.3) is 0 Å². The second kappa shape index (κ2) is 5.04. The monoisotopic (exact) mass is 188 g/mol. The number of hydrogen-bond acceptors (Lipinski definition) is 1. The van der Waals surface area contributed by atoms with Crippen LogP contribution in [0.15, 0.2) is 30.6 Å². The number of aromatic nitrogens is 1. The van der Waals surface area contributed by atoms with E-state index in [1.54, 1.807) is 0 Å². The highest BCUT2D eigenvalue weighted by atomic mass is 35.5. The third kappa shape index (κ3) is 3.91. The van der Waals surface area contributed by atoms with Gasteiger partial charge in [-0.3, -0.25) is 0 Å². The molecule has 11 heavy (non-hydrogen) atoms. The summed E-state index contributed by atoms with van der Waals surface area (Å²) in [6, 6.07) is 5.84. The van der Waals surface area contributed by atoms with Gasteiger partial charge in [0, 0.05) is 12.1 Å². The molecule has 0 radical (unpaired) electrons. The van der Waals surface area contributed by atoms with Crippen molar-refractivity contribution in [1.82, 2.24) is 0 Å². The van der Waals surface area contributed by atoms with Crippen LogP contribution in [0, 0.1) is 0 Å². The Morgan fingerprint density at radius 2 is 1.82 bits per heavy atom. The lowest BCUT2D eigenvalue weighted by molar-refractivity contribution is -0.681. The van der Waals surface area contributed by atoms with Crippen molar-refractivity contribution in [2.75, 3.05) is 0 Å². The van der Waals surface area contributed by atoms with Gasteiger partial charge in [0.05, 0.1) is 0 Å². The summed E-state index contributed by atoms with van der Waals surface area (Å²) in [5.74, 6) is 0. The van der Waals surface area contributed by atoms with Crippen LogP contribution in [0.4, 0.5) is 0 Å². The van der Waals surface area contributed by atoms with Crippen LogP contribution in [-0.4, -0.2) is 4.99 Å². The van der Waals surface area contributed by atoms with Gasteiger partial charge in [-0.25, -0.2) is 0 Å². The van der Waals surface area contributed by atoms with Gasteiger partial charge >= 0.3 is 0 Å². The summed E-state index contributed by atoms with van der Waals surface area (Å²) >= 11 is 4.73. The molecule has 0 saturated heterocycles. The van der Waals surface area contributed by atoms with Crippen LogP contribution in [-0.2, 0) is 6.54 Å². The Balaban J connectivity index is 0.000001000. The van der Waals surface area contributed by atoms with Gasteiger partial charge in [-0.15, -0.1) is 0 Å². The molecule has 0 atom stereocenters. The largest absolute Gasteiger partial charge is 1.00 e. The Hall–Kier alpha value is -0.670. The van der Waals surface area contributed by atoms with E-state index in [1.807, 2.05) is 35.2 Å². The van der Waals surface area contributed by atoms with Crippen LogP contribution in [0.1, 0.15) is 0 Å². The molecule has 0 aliphatic carbocycles. The Kier molecular flexibility index (Phi) is 4.74. The maximum absolute atomic E-state index is 5.34. The molecule has 0 saturated carbocycles. The lowest BCUT2D eigenvalue weighted by Crippen LogP contribution is -3.00. The van der Waals surface area contributed by atoms with Gasteiger partial charge in [0.2, 0.25) is 0 Å².